The first kappa shape index (κ1) is 17.9. The third kappa shape index (κ3) is 3.28. The predicted octanol–water partition coefficient (Wildman–Crippen LogP) is 1.29. The number of allylic oxidation sites excluding steroid dienone is 1. The van der Waals surface area contributed by atoms with E-state index in [9.17, 15) is 5.26 Å². The number of hydrazine groups is 1. The number of piperidine rings is 1. The van der Waals surface area contributed by atoms with Crippen molar-refractivity contribution in [1.29, 1.82) is 5.26 Å². The van der Waals surface area contributed by atoms with Gasteiger partial charge in [0.15, 0.2) is 0 Å². The summed E-state index contributed by atoms with van der Waals surface area (Å²) in [4.78, 5) is 13.9. The number of hydrogen-bond acceptors (Lipinski definition) is 8. The second-order valence-electron chi connectivity index (χ2n) is 7.68. The van der Waals surface area contributed by atoms with E-state index in [0.29, 0.717) is 30.2 Å². The SMILES string of the molecule is COc1ccc(CN2C3CC2CN(c2ccc(C4=C(C#N)NNC4)cn2)C3)cn1. The van der Waals surface area contributed by atoms with E-state index in [1.54, 1.807) is 7.11 Å². The molecule has 2 aromatic rings. The molecule has 4 aliphatic rings. The highest BCUT2D eigenvalue weighted by molar-refractivity contribution is 5.74. The molecule has 0 aliphatic carbocycles. The number of nitrogens with one attached hydrogen (secondary N) is 2. The molecular formula is C21H23N7O. The van der Waals surface area contributed by atoms with Gasteiger partial charge in [0.25, 0.3) is 0 Å². The Kier molecular flexibility index (Phi) is 4.54. The van der Waals surface area contributed by atoms with Crippen molar-refractivity contribution in [2.75, 3.05) is 31.6 Å². The molecule has 2 atom stereocenters. The molecule has 3 saturated heterocycles. The molecule has 0 aromatic carbocycles. The summed E-state index contributed by atoms with van der Waals surface area (Å²) in [7, 11) is 1.64. The average Bonchev–Trinajstić information content (AvgIpc) is 3.27. The monoisotopic (exact) mass is 389 g/mol. The lowest BCUT2D eigenvalue weighted by atomic mass is 9.87. The summed E-state index contributed by atoms with van der Waals surface area (Å²) < 4.78 is 5.14. The minimum absolute atomic E-state index is 0.550. The lowest BCUT2D eigenvalue weighted by molar-refractivity contribution is -0.00877. The Morgan fingerprint density at radius 2 is 2.03 bits per heavy atom. The van der Waals surface area contributed by atoms with E-state index >= 15 is 0 Å². The van der Waals surface area contributed by atoms with E-state index < -0.39 is 0 Å². The first-order valence-corrected chi connectivity index (χ1v) is 9.83. The Morgan fingerprint density at radius 3 is 2.69 bits per heavy atom. The van der Waals surface area contributed by atoms with Gasteiger partial charge in [0.05, 0.1) is 7.11 Å². The largest absolute Gasteiger partial charge is 0.481 e. The lowest BCUT2D eigenvalue weighted by Gasteiger charge is -2.56. The molecule has 0 amide bonds. The van der Waals surface area contributed by atoms with Crippen molar-refractivity contribution in [2.45, 2.75) is 25.0 Å². The van der Waals surface area contributed by atoms with Crippen molar-refractivity contribution >= 4 is 11.4 Å². The van der Waals surface area contributed by atoms with Gasteiger partial charge in [-0.05, 0) is 24.1 Å². The molecule has 3 fully saturated rings. The average molecular weight is 389 g/mol. The first-order valence-electron chi connectivity index (χ1n) is 9.83. The summed E-state index contributed by atoms with van der Waals surface area (Å²) in [5.41, 5.74) is 9.62. The highest BCUT2D eigenvalue weighted by atomic mass is 16.5. The first-order chi connectivity index (χ1) is 14.2. The molecule has 2 unspecified atom stereocenters. The summed E-state index contributed by atoms with van der Waals surface area (Å²) in [6, 6.07) is 11.4. The Morgan fingerprint density at radius 1 is 1.17 bits per heavy atom. The van der Waals surface area contributed by atoms with Crippen LogP contribution in [-0.4, -0.2) is 53.7 Å². The second-order valence-corrected chi connectivity index (χ2v) is 7.68. The topological polar surface area (TPSA) is 89.3 Å². The molecule has 148 valence electrons. The van der Waals surface area contributed by atoms with E-state index in [2.05, 4.69) is 54.9 Å². The second kappa shape index (κ2) is 7.35. The number of ether oxygens (including phenoxy) is 1. The smallest absolute Gasteiger partial charge is 0.212 e. The molecule has 4 aliphatic heterocycles. The third-order valence-electron chi connectivity index (χ3n) is 6.03. The van der Waals surface area contributed by atoms with Gasteiger partial charge < -0.3 is 15.1 Å². The third-order valence-corrected chi connectivity index (χ3v) is 6.03. The maximum atomic E-state index is 9.19. The van der Waals surface area contributed by atoms with Gasteiger partial charge in [0.1, 0.15) is 17.6 Å². The Bertz CT molecular complexity index is 952. The molecule has 2 aromatic heterocycles. The minimum atomic E-state index is 0.550. The van der Waals surface area contributed by atoms with E-state index in [-0.39, 0.29) is 0 Å². The standard InChI is InChI=1S/C21H23N7O/c1-29-21-5-2-14(8-24-21)11-28-16-6-17(28)13-27(12-16)20-4-3-15(9-23-20)18-10-25-26-19(18)7-22/h2-5,8-9,16-17,25-26H,6,10-13H2,1H3. The van der Waals surface area contributed by atoms with Crippen molar-refractivity contribution in [2.24, 2.45) is 0 Å². The van der Waals surface area contributed by atoms with Crippen LogP contribution in [0.3, 0.4) is 0 Å². The van der Waals surface area contributed by atoms with Crippen LogP contribution >= 0.6 is 0 Å². The van der Waals surface area contributed by atoms with Crippen LogP contribution in [0.4, 0.5) is 5.82 Å². The van der Waals surface area contributed by atoms with Crippen LogP contribution in [0.1, 0.15) is 17.5 Å². The van der Waals surface area contributed by atoms with Crippen LogP contribution in [0.5, 0.6) is 5.88 Å². The quantitative estimate of drug-likeness (QED) is 0.791. The normalized spacial score (nSPS) is 23.4. The summed E-state index contributed by atoms with van der Waals surface area (Å²) in [5, 5.41) is 9.19. The fourth-order valence-corrected chi connectivity index (χ4v) is 4.45. The fourth-order valence-electron chi connectivity index (χ4n) is 4.45. The summed E-state index contributed by atoms with van der Waals surface area (Å²) in [5.74, 6) is 1.66. The van der Waals surface area contributed by atoms with E-state index in [0.717, 1.165) is 36.6 Å². The molecule has 0 saturated carbocycles. The molecule has 0 spiro atoms. The van der Waals surface area contributed by atoms with Crippen molar-refractivity contribution < 1.29 is 4.74 Å². The van der Waals surface area contributed by atoms with Gasteiger partial charge in [0.2, 0.25) is 5.88 Å². The molecule has 6 rings (SSSR count). The predicted molar refractivity (Wildman–Crippen MR) is 109 cm³/mol. The maximum Gasteiger partial charge on any atom is 0.212 e. The number of nitriles is 1. The van der Waals surface area contributed by atoms with Gasteiger partial charge in [-0.2, -0.15) is 5.26 Å². The van der Waals surface area contributed by atoms with E-state index in [1.807, 2.05) is 18.5 Å². The van der Waals surface area contributed by atoms with Gasteiger partial charge in [-0.1, -0.05) is 6.07 Å². The van der Waals surface area contributed by atoms with Crippen molar-refractivity contribution in [3.8, 4) is 11.9 Å². The van der Waals surface area contributed by atoms with Crippen molar-refractivity contribution in [3.05, 3.63) is 53.5 Å². The van der Waals surface area contributed by atoms with Crippen LogP contribution in [0.15, 0.2) is 42.4 Å². The Hall–Kier alpha value is -3.15. The Labute approximate surface area is 169 Å². The molecule has 8 heteroatoms. The number of nitrogens with zero attached hydrogens (tertiary/aromatic N) is 5. The van der Waals surface area contributed by atoms with Crippen LogP contribution in [-0.2, 0) is 6.54 Å². The Balaban J connectivity index is 1.23. The number of anilines is 1. The summed E-state index contributed by atoms with van der Waals surface area (Å²) in [6.45, 7) is 3.54. The van der Waals surface area contributed by atoms with Gasteiger partial charge in [-0.25, -0.2) is 15.4 Å². The molecule has 29 heavy (non-hydrogen) atoms. The number of piperazine rings is 1. The van der Waals surface area contributed by atoms with Gasteiger partial charge in [0, 0.05) is 67.9 Å². The van der Waals surface area contributed by atoms with Crippen LogP contribution < -0.4 is 20.5 Å². The highest BCUT2D eigenvalue weighted by Crippen LogP contribution is 2.35. The molecule has 2 N–H and O–H groups in total. The number of methoxy groups -OCH3 is 1. The lowest BCUT2D eigenvalue weighted by Crippen LogP contribution is -2.68. The van der Waals surface area contributed by atoms with Crippen LogP contribution in [0.2, 0.25) is 0 Å². The van der Waals surface area contributed by atoms with Crippen LogP contribution in [0, 0.1) is 11.3 Å². The number of pyridine rings is 2. The van der Waals surface area contributed by atoms with Crippen LogP contribution in [0.25, 0.3) is 5.57 Å². The number of hydrogen-bond donors (Lipinski definition) is 2. The number of fused-ring (bicyclic) bond motifs is 2. The number of rotatable bonds is 5. The molecule has 8 nitrogen and oxygen atoms in total. The van der Waals surface area contributed by atoms with Gasteiger partial charge >= 0.3 is 0 Å². The highest BCUT2D eigenvalue weighted by Gasteiger charge is 2.44. The molecule has 2 bridgehead atoms. The zero-order chi connectivity index (χ0) is 19.8. The van der Waals surface area contributed by atoms with Crippen molar-refractivity contribution in [1.82, 2.24) is 25.7 Å². The molecule has 6 heterocycles. The summed E-state index contributed by atoms with van der Waals surface area (Å²) >= 11 is 0. The maximum absolute atomic E-state index is 9.19. The van der Waals surface area contributed by atoms with Crippen molar-refractivity contribution in [3.63, 3.8) is 0 Å². The van der Waals surface area contributed by atoms with E-state index in [1.165, 1.54) is 12.0 Å². The van der Waals surface area contributed by atoms with Gasteiger partial charge in [-0.3, -0.25) is 4.90 Å². The molecule has 0 radical (unpaired) electrons. The fraction of sp³-hybridized carbons (Fsp3) is 0.381. The zero-order valence-electron chi connectivity index (χ0n) is 16.3. The minimum Gasteiger partial charge on any atom is -0.481 e. The number of aromatic nitrogens is 2. The van der Waals surface area contributed by atoms with E-state index in [4.69, 9.17) is 4.74 Å². The van der Waals surface area contributed by atoms with Gasteiger partial charge in [-0.15, -0.1) is 0 Å². The summed E-state index contributed by atoms with van der Waals surface area (Å²) in [6.07, 6.45) is 5.02. The zero-order valence-corrected chi connectivity index (χ0v) is 16.3. The molecular weight excluding hydrogens is 366 g/mol.